The predicted octanol–water partition coefficient (Wildman–Crippen LogP) is 13.3. The van der Waals surface area contributed by atoms with Crippen molar-refractivity contribution in [2.75, 3.05) is 13.2 Å². The predicted molar refractivity (Wildman–Crippen MR) is 302 cm³/mol. The Balaban J connectivity index is 0.000000224. The Hall–Kier alpha value is -1.93. The third-order valence-electron chi connectivity index (χ3n) is 19.8. The molecule has 8 heterocycles. The maximum Gasteiger partial charge on any atom is 0.311 e. The molecule has 5 unspecified atom stereocenters. The minimum atomic E-state index is -0.509. The third kappa shape index (κ3) is 15.1. The molecule has 8 rings (SSSR count). The second-order valence-corrected chi connectivity index (χ2v) is 26.9. The van der Waals surface area contributed by atoms with Gasteiger partial charge in [-0.25, -0.2) is 0 Å². The molecule has 8 aliphatic rings. The monoisotopic (exact) mass is 1060 g/mol. The van der Waals surface area contributed by atoms with E-state index in [1.807, 2.05) is 20.8 Å². The van der Waals surface area contributed by atoms with E-state index in [4.69, 9.17) is 42.6 Å². The lowest BCUT2D eigenvalue weighted by atomic mass is 9.74. The van der Waals surface area contributed by atoms with Crippen LogP contribution in [0.2, 0.25) is 0 Å². The number of ether oxygens (including phenoxy) is 9. The fourth-order valence-electron chi connectivity index (χ4n) is 14.2. The van der Waals surface area contributed by atoms with Crippen LogP contribution in [0.5, 0.6) is 0 Å². The minimum Gasteiger partial charge on any atom is -0.463 e. The molecule has 434 valence electrons. The highest BCUT2D eigenvalue weighted by Gasteiger charge is 2.50. The van der Waals surface area contributed by atoms with Crippen molar-refractivity contribution in [3.05, 3.63) is 48.6 Å². The van der Waals surface area contributed by atoms with Gasteiger partial charge >= 0.3 is 5.97 Å². The van der Waals surface area contributed by atoms with Crippen LogP contribution >= 0.6 is 0 Å². The number of hydrogen-bond acceptors (Lipinski definition) is 11. The maximum atomic E-state index is 12.2. The maximum absolute atomic E-state index is 12.2. The van der Waals surface area contributed by atoms with Gasteiger partial charge in [0.05, 0.1) is 110 Å². The van der Waals surface area contributed by atoms with Gasteiger partial charge < -0.3 is 47.7 Å². The van der Waals surface area contributed by atoms with Crippen molar-refractivity contribution in [3.63, 3.8) is 0 Å². The lowest BCUT2D eigenvalue weighted by molar-refractivity contribution is -0.244. The molecule has 76 heavy (non-hydrogen) atoms. The Morgan fingerprint density at radius 2 is 0.921 bits per heavy atom. The highest BCUT2D eigenvalue weighted by molar-refractivity contribution is 5.75. The summed E-state index contributed by atoms with van der Waals surface area (Å²) in [6, 6.07) is 0. The molecule has 0 radical (unpaired) electrons. The number of esters is 1. The van der Waals surface area contributed by atoms with Gasteiger partial charge in [0.15, 0.2) is 0 Å². The van der Waals surface area contributed by atoms with Gasteiger partial charge in [0.1, 0.15) is 6.61 Å². The second kappa shape index (κ2) is 27.2. The van der Waals surface area contributed by atoms with Gasteiger partial charge in [-0.1, -0.05) is 108 Å². The SMILES string of the molecule is C=C1CC(CO)OC1CC[C@H]1C[C@@H](C)C(=C)C(C[C@@H]2O[C@H]3C[C@@H](C)[C@@H](CCC)O[C@H]3[C@H](C)[C@H]2C)O1.C=C1C[C@H](COC(=O)C(C)(C)C)OC1CC[C@H]1C[C@@H](C)C(=C)C(C[C@@H]2O[C@H]3C[C@@H](C)[C@@H](CCC)O[C@H]3[C@H](C)[C@H]2C)O1. The number of aliphatic hydroxyl groups excluding tert-OH is 1. The minimum absolute atomic E-state index is 0.00646. The normalized spacial score (nSPS) is 44.0. The first-order valence-corrected chi connectivity index (χ1v) is 30.7. The summed E-state index contributed by atoms with van der Waals surface area (Å²) >= 11 is 0. The fourth-order valence-corrected chi connectivity index (χ4v) is 14.2. The first-order valence-electron chi connectivity index (χ1n) is 30.7. The Morgan fingerprint density at radius 1 is 0.513 bits per heavy atom. The first-order chi connectivity index (χ1) is 36.0. The third-order valence-corrected chi connectivity index (χ3v) is 19.8. The zero-order valence-corrected chi connectivity index (χ0v) is 49.9. The van der Waals surface area contributed by atoms with Crippen LogP contribution in [-0.2, 0) is 47.4 Å². The van der Waals surface area contributed by atoms with E-state index >= 15 is 0 Å². The van der Waals surface area contributed by atoms with E-state index in [1.165, 1.54) is 17.6 Å². The summed E-state index contributed by atoms with van der Waals surface area (Å²) in [7, 11) is 0. The number of hydrogen-bond donors (Lipinski definition) is 1. The van der Waals surface area contributed by atoms with Crippen LogP contribution in [0.25, 0.3) is 0 Å². The molecule has 0 aromatic carbocycles. The van der Waals surface area contributed by atoms with E-state index in [0.717, 1.165) is 107 Å². The molecule has 11 heteroatoms. The summed E-state index contributed by atoms with van der Waals surface area (Å²) in [5.74, 6) is 3.47. The van der Waals surface area contributed by atoms with Gasteiger partial charge in [0.25, 0.3) is 0 Å². The van der Waals surface area contributed by atoms with E-state index in [-0.39, 0.29) is 105 Å². The number of aliphatic hydroxyl groups is 1. The standard InChI is InChI=1S/C35H58O6.C30H50O5/c1-11-12-28-22(4)17-32-33(41-28)25(7)24(6)31(40-32)18-30-23(5)20(2)15-26(38-30)13-14-29-21(3)16-27(39-29)19-37-34(36)35(8,9)10;1-8-9-25-19(4)14-29-30(35-25)22(7)21(6)28(34-29)15-27-20(5)17(2)12-23(32-27)10-11-26-18(3)13-24(16-31)33-26/h20,22,24-33H,3,5,11-19H2,1-2,4,6-10H3;17,19,21-31H,3,5,8-16H2,1-2,4,6-7H3/t20-,22-,24-,25-,26+,27-,28-,29?,30?,31+,32+,33+;17-,19-,21-,22-,23+,24?,25-,26?,27?,28+,29+,30+/m11/s1. The molecule has 24 atom stereocenters. The Labute approximate surface area is 461 Å². The first kappa shape index (κ1) is 61.7. The summed E-state index contributed by atoms with van der Waals surface area (Å²) in [5, 5.41) is 9.42. The van der Waals surface area contributed by atoms with Crippen molar-refractivity contribution in [1.82, 2.24) is 0 Å². The van der Waals surface area contributed by atoms with Crippen LogP contribution in [0.1, 0.15) is 193 Å². The molecule has 0 spiro atoms. The number of rotatable bonds is 17. The van der Waals surface area contributed by atoms with E-state index in [2.05, 4.69) is 95.6 Å². The zero-order valence-electron chi connectivity index (χ0n) is 49.9. The molecule has 0 amide bonds. The van der Waals surface area contributed by atoms with Crippen LogP contribution < -0.4 is 0 Å². The second-order valence-electron chi connectivity index (χ2n) is 26.9. The smallest absolute Gasteiger partial charge is 0.311 e. The molecule has 0 bridgehead atoms. The number of carbonyl (C=O) groups excluding carboxylic acids is 1. The summed E-state index contributed by atoms with van der Waals surface area (Å²) in [6.45, 7) is 46.4. The van der Waals surface area contributed by atoms with Crippen molar-refractivity contribution in [1.29, 1.82) is 0 Å². The van der Waals surface area contributed by atoms with Gasteiger partial charge in [-0.2, -0.15) is 0 Å². The number of fused-ring (bicyclic) bond motifs is 2. The van der Waals surface area contributed by atoms with E-state index < -0.39 is 5.41 Å². The van der Waals surface area contributed by atoms with E-state index in [1.54, 1.807) is 0 Å². The average molecular weight is 1070 g/mol. The van der Waals surface area contributed by atoms with Crippen LogP contribution in [-0.4, -0.2) is 122 Å². The lowest BCUT2D eigenvalue weighted by Crippen LogP contribution is -2.56. The molecular formula is C65H108O11. The Kier molecular flexibility index (Phi) is 22.1. The number of carbonyl (C=O) groups is 1. The summed E-state index contributed by atoms with van der Waals surface area (Å²) in [4.78, 5) is 12.2. The molecule has 0 aliphatic carbocycles. The van der Waals surface area contributed by atoms with Crippen molar-refractivity contribution in [3.8, 4) is 0 Å². The van der Waals surface area contributed by atoms with Gasteiger partial charge in [0.2, 0.25) is 0 Å². The molecule has 8 fully saturated rings. The topological polar surface area (TPSA) is 120 Å². The van der Waals surface area contributed by atoms with E-state index in [9.17, 15) is 9.90 Å². The van der Waals surface area contributed by atoms with Gasteiger partial charge in [-0.15, -0.1) is 0 Å². The molecule has 0 aromatic rings. The van der Waals surface area contributed by atoms with Crippen molar-refractivity contribution < 1.29 is 52.5 Å². The molecular weight excluding hydrogens is 957 g/mol. The largest absolute Gasteiger partial charge is 0.463 e. The van der Waals surface area contributed by atoms with Gasteiger partial charge in [-0.3, -0.25) is 4.79 Å². The Bertz CT molecular complexity index is 1930. The van der Waals surface area contributed by atoms with Crippen LogP contribution in [0.4, 0.5) is 0 Å². The van der Waals surface area contributed by atoms with Crippen molar-refractivity contribution >= 4 is 5.97 Å². The molecule has 1 N–H and O–H groups in total. The van der Waals surface area contributed by atoms with E-state index in [0.29, 0.717) is 59.6 Å². The van der Waals surface area contributed by atoms with Gasteiger partial charge in [-0.05, 0) is 161 Å². The van der Waals surface area contributed by atoms with Crippen LogP contribution in [0.15, 0.2) is 48.6 Å². The molecule has 8 saturated heterocycles. The van der Waals surface area contributed by atoms with Crippen LogP contribution in [0.3, 0.4) is 0 Å². The molecule has 11 nitrogen and oxygen atoms in total. The molecule has 8 aliphatic heterocycles. The molecule has 0 aromatic heterocycles. The van der Waals surface area contributed by atoms with Crippen molar-refractivity contribution in [2.45, 2.75) is 290 Å². The molecule has 0 saturated carbocycles. The van der Waals surface area contributed by atoms with Gasteiger partial charge in [0, 0.05) is 19.3 Å². The fraction of sp³-hybridized carbons (Fsp3) is 0.862. The summed E-state index contributed by atoms with van der Waals surface area (Å²) in [6.07, 6.45) is 17.6. The zero-order chi connectivity index (χ0) is 55.3. The lowest BCUT2D eigenvalue weighted by Gasteiger charge is -2.51. The highest BCUT2D eigenvalue weighted by atomic mass is 16.6. The summed E-state index contributed by atoms with van der Waals surface area (Å²) < 4.78 is 57.9. The summed E-state index contributed by atoms with van der Waals surface area (Å²) in [5.41, 5.74) is 4.09. The average Bonchev–Trinajstić information content (AvgIpc) is 3.93. The Morgan fingerprint density at radius 3 is 1.32 bits per heavy atom. The highest BCUT2D eigenvalue weighted by Crippen LogP contribution is 2.46. The quantitative estimate of drug-likeness (QED) is 0.111. The van der Waals surface area contributed by atoms with Crippen molar-refractivity contribution in [2.24, 2.45) is 52.8 Å². The van der Waals surface area contributed by atoms with Crippen LogP contribution in [0, 0.1) is 52.8 Å².